The fraction of sp³-hybridized carbons (Fsp3) is 1.00. The largest absolute Gasteiger partial charge is 0.381 e. The Morgan fingerprint density at radius 2 is 2.24 bits per heavy atom. The van der Waals surface area contributed by atoms with Crippen LogP contribution in [-0.4, -0.2) is 32.8 Å². The topological polar surface area (TPSA) is 47.3 Å². The van der Waals surface area contributed by atoms with Crippen LogP contribution in [0.15, 0.2) is 0 Å². The summed E-state index contributed by atoms with van der Waals surface area (Å²) in [6, 6.07) is 0. The third kappa shape index (κ3) is 7.02. The maximum atomic E-state index is 5.64. The van der Waals surface area contributed by atoms with E-state index in [1.807, 2.05) is 0 Å². The number of rotatable bonds is 10. The van der Waals surface area contributed by atoms with Crippen molar-refractivity contribution in [3.63, 3.8) is 0 Å². The quantitative estimate of drug-likeness (QED) is 0.577. The zero-order valence-corrected chi connectivity index (χ0v) is 11.4. The van der Waals surface area contributed by atoms with Crippen LogP contribution in [-0.2, 0) is 4.74 Å². The summed E-state index contributed by atoms with van der Waals surface area (Å²) in [7, 11) is 0. The molecule has 2 unspecified atom stereocenters. The summed E-state index contributed by atoms with van der Waals surface area (Å²) in [5.41, 5.74) is 5.64. The van der Waals surface area contributed by atoms with Crippen LogP contribution in [0.25, 0.3) is 0 Å². The second-order valence-corrected chi connectivity index (χ2v) is 5.31. The Hall–Kier alpha value is -0.120. The number of hydrogen-bond donors (Lipinski definition) is 2. The van der Waals surface area contributed by atoms with Gasteiger partial charge in [-0.3, -0.25) is 0 Å². The minimum atomic E-state index is 0.755. The summed E-state index contributed by atoms with van der Waals surface area (Å²) >= 11 is 0. The molecule has 0 aromatic carbocycles. The Morgan fingerprint density at radius 1 is 1.35 bits per heavy atom. The van der Waals surface area contributed by atoms with Crippen molar-refractivity contribution in [2.45, 2.75) is 45.4 Å². The molecule has 3 heteroatoms. The fourth-order valence-corrected chi connectivity index (χ4v) is 2.64. The molecule has 0 amide bonds. The minimum absolute atomic E-state index is 0.755. The van der Waals surface area contributed by atoms with Crippen molar-refractivity contribution in [3.05, 3.63) is 0 Å². The summed E-state index contributed by atoms with van der Waals surface area (Å²) in [6.45, 7) is 7.32. The van der Waals surface area contributed by atoms with E-state index in [4.69, 9.17) is 10.5 Å². The van der Waals surface area contributed by atoms with Crippen molar-refractivity contribution in [1.82, 2.24) is 5.32 Å². The maximum Gasteiger partial charge on any atom is 0.0507 e. The second-order valence-electron chi connectivity index (χ2n) is 5.31. The molecule has 0 aliphatic carbocycles. The van der Waals surface area contributed by atoms with Gasteiger partial charge in [0.15, 0.2) is 0 Å². The normalized spacial score (nSPS) is 21.9. The SMILES string of the molecule is CCCC(CCN)CCCNCC1CCOC1. The van der Waals surface area contributed by atoms with Crippen LogP contribution in [0.4, 0.5) is 0 Å². The average molecular weight is 242 g/mol. The van der Waals surface area contributed by atoms with Gasteiger partial charge in [-0.25, -0.2) is 0 Å². The highest BCUT2D eigenvalue weighted by Crippen LogP contribution is 2.16. The van der Waals surface area contributed by atoms with Gasteiger partial charge in [-0.05, 0) is 50.6 Å². The second kappa shape index (κ2) is 9.86. The smallest absolute Gasteiger partial charge is 0.0507 e. The molecule has 102 valence electrons. The highest BCUT2D eigenvalue weighted by Gasteiger charge is 2.14. The van der Waals surface area contributed by atoms with Crippen LogP contribution in [0.3, 0.4) is 0 Å². The van der Waals surface area contributed by atoms with Gasteiger partial charge in [0.2, 0.25) is 0 Å². The van der Waals surface area contributed by atoms with Crippen molar-refractivity contribution in [1.29, 1.82) is 0 Å². The molecule has 0 saturated carbocycles. The monoisotopic (exact) mass is 242 g/mol. The van der Waals surface area contributed by atoms with E-state index in [1.165, 1.54) is 38.5 Å². The van der Waals surface area contributed by atoms with Crippen molar-refractivity contribution in [2.75, 3.05) is 32.8 Å². The highest BCUT2D eigenvalue weighted by atomic mass is 16.5. The zero-order valence-electron chi connectivity index (χ0n) is 11.4. The Balaban J connectivity index is 1.93. The van der Waals surface area contributed by atoms with E-state index in [9.17, 15) is 0 Å². The Labute approximate surface area is 106 Å². The van der Waals surface area contributed by atoms with Gasteiger partial charge in [0.1, 0.15) is 0 Å². The standard InChI is InChI=1S/C14H30N2O/c1-2-4-13(6-8-15)5-3-9-16-11-14-7-10-17-12-14/h13-14,16H,2-12,15H2,1H3. The number of nitrogens with one attached hydrogen (secondary N) is 1. The number of ether oxygens (including phenoxy) is 1. The molecule has 1 saturated heterocycles. The van der Waals surface area contributed by atoms with Gasteiger partial charge < -0.3 is 15.8 Å². The predicted molar refractivity (Wildman–Crippen MR) is 73.1 cm³/mol. The summed E-state index contributed by atoms with van der Waals surface area (Å²) in [5, 5.41) is 3.56. The first kappa shape index (κ1) is 14.9. The summed E-state index contributed by atoms with van der Waals surface area (Å²) < 4.78 is 5.36. The van der Waals surface area contributed by atoms with E-state index in [0.717, 1.165) is 44.7 Å². The van der Waals surface area contributed by atoms with Gasteiger partial charge in [-0.1, -0.05) is 19.8 Å². The first-order valence-electron chi connectivity index (χ1n) is 7.35. The molecule has 1 rings (SSSR count). The fourth-order valence-electron chi connectivity index (χ4n) is 2.64. The van der Waals surface area contributed by atoms with Crippen LogP contribution in [0.5, 0.6) is 0 Å². The van der Waals surface area contributed by atoms with E-state index in [-0.39, 0.29) is 0 Å². The zero-order chi connectivity index (χ0) is 12.3. The number of hydrogen-bond acceptors (Lipinski definition) is 3. The van der Waals surface area contributed by atoms with Crippen molar-refractivity contribution in [2.24, 2.45) is 17.6 Å². The van der Waals surface area contributed by atoms with Crippen molar-refractivity contribution < 1.29 is 4.74 Å². The minimum Gasteiger partial charge on any atom is -0.381 e. The molecule has 3 N–H and O–H groups in total. The molecule has 2 atom stereocenters. The van der Waals surface area contributed by atoms with E-state index < -0.39 is 0 Å². The first-order valence-corrected chi connectivity index (χ1v) is 7.35. The van der Waals surface area contributed by atoms with Crippen LogP contribution in [0.2, 0.25) is 0 Å². The van der Waals surface area contributed by atoms with Crippen LogP contribution >= 0.6 is 0 Å². The molecule has 1 heterocycles. The van der Waals surface area contributed by atoms with Gasteiger partial charge in [0, 0.05) is 13.2 Å². The van der Waals surface area contributed by atoms with Crippen LogP contribution < -0.4 is 11.1 Å². The first-order chi connectivity index (χ1) is 8.36. The Morgan fingerprint density at radius 3 is 2.88 bits per heavy atom. The van der Waals surface area contributed by atoms with Crippen LogP contribution in [0, 0.1) is 11.8 Å². The Kier molecular flexibility index (Phi) is 8.67. The van der Waals surface area contributed by atoms with E-state index in [0.29, 0.717) is 0 Å². The van der Waals surface area contributed by atoms with Crippen molar-refractivity contribution in [3.8, 4) is 0 Å². The van der Waals surface area contributed by atoms with Gasteiger partial charge in [0.05, 0.1) is 6.61 Å². The molecular weight excluding hydrogens is 212 g/mol. The van der Waals surface area contributed by atoms with Gasteiger partial charge in [-0.2, -0.15) is 0 Å². The predicted octanol–water partition coefficient (Wildman–Crippen LogP) is 2.16. The third-order valence-electron chi connectivity index (χ3n) is 3.69. The molecule has 17 heavy (non-hydrogen) atoms. The molecule has 1 aliphatic heterocycles. The molecular formula is C14H30N2O. The lowest BCUT2D eigenvalue weighted by molar-refractivity contribution is 0.185. The lowest BCUT2D eigenvalue weighted by Gasteiger charge is -2.15. The van der Waals surface area contributed by atoms with E-state index in [2.05, 4.69) is 12.2 Å². The van der Waals surface area contributed by atoms with Crippen molar-refractivity contribution >= 4 is 0 Å². The maximum absolute atomic E-state index is 5.64. The number of nitrogens with two attached hydrogens (primary N) is 1. The highest BCUT2D eigenvalue weighted by molar-refractivity contribution is 4.67. The molecule has 3 nitrogen and oxygen atoms in total. The molecule has 0 aromatic heterocycles. The molecule has 0 aromatic rings. The molecule has 0 bridgehead atoms. The summed E-state index contributed by atoms with van der Waals surface area (Å²) in [6.07, 6.45) is 7.69. The molecule has 0 radical (unpaired) electrons. The lowest BCUT2D eigenvalue weighted by Crippen LogP contribution is -2.24. The summed E-state index contributed by atoms with van der Waals surface area (Å²) in [5.74, 6) is 1.60. The van der Waals surface area contributed by atoms with Gasteiger partial charge in [0.25, 0.3) is 0 Å². The van der Waals surface area contributed by atoms with Gasteiger partial charge >= 0.3 is 0 Å². The van der Waals surface area contributed by atoms with Crippen LogP contribution in [0.1, 0.15) is 45.4 Å². The third-order valence-corrected chi connectivity index (χ3v) is 3.69. The lowest BCUT2D eigenvalue weighted by atomic mass is 9.94. The average Bonchev–Trinajstić information content (AvgIpc) is 2.82. The molecule has 1 aliphatic rings. The van der Waals surface area contributed by atoms with E-state index >= 15 is 0 Å². The summed E-state index contributed by atoms with van der Waals surface area (Å²) in [4.78, 5) is 0. The van der Waals surface area contributed by atoms with Gasteiger partial charge in [-0.15, -0.1) is 0 Å². The Bertz CT molecular complexity index is 164. The van der Waals surface area contributed by atoms with E-state index in [1.54, 1.807) is 0 Å². The molecule has 0 spiro atoms. The molecule has 1 fully saturated rings.